The number of nitrogens with zero attached hydrogens (tertiary/aromatic N) is 2. The molecule has 2 aromatic rings. The Morgan fingerprint density at radius 1 is 1.12 bits per heavy atom. The Labute approximate surface area is 203 Å². The number of rotatable bonds is 8. The van der Waals surface area contributed by atoms with Crippen molar-refractivity contribution in [3.8, 4) is 0 Å². The third-order valence-corrected chi connectivity index (χ3v) is 10.3. The van der Waals surface area contributed by atoms with E-state index >= 15 is 0 Å². The first-order valence-electron chi connectivity index (χ1n) is 11.0. The lowest BCUT2D eigenvalue weighted by Crippen LogP contribution is -2.55. The molecule has 11 heteroatoms. The van der Waals surface area contributed by atoms with E-state index in [1.54, 1.807) is 28.8 Å². The van der Waals surface area contributed by atoms with Gasteiger partial charge in [-0.05, 0) is 56.5 Å². The molecule has 0 radical (unpaired) electrons. The van der Waals surface area contributed by atoms with Gasteiger partial charge >= 0.3 is 0 Å². The molecule has 3 N–H and O–H groups in total. The van der Waals surface area contributed by atoms with Crippen molar-refractivity contribution in [3.05, 3.63) is 58.4 Å². The number of nitrogens with two attached hydrogens (primary N) is 1. The molecular weight excluding hydrogens is 480 g/mol. The maximum Gasteiger partial charge on any atom is 0.270 e. The van der Waals surface area contributed by atoms with Gasteiger partial charge in [0.05, 0.1) is 4.75 Å². The molecule has 2 aliphatic rings. The SMILES string of the molecule is CC(C)(C(N)=O)S(=O)(=O)C1(CN2CCn3c(C(=O)NCc4ccc(Cl)cc4)ccc3C2=O)CC1. The zero-order valence-corrected chi connectivity index (χ0v) is 20.6. The van der Waals surface area contributed by atoms with E-state index in [0.717, 1.165) is 5.56 Å². The van der Waals surface area contributed by atoms with Gasteiger partial charge in [0.15, 0.2) is 9.84 Å². The molecule has 1 aromatic heterocycles. The maximum atomic E-state index is 13.2. The molecule has 182 valence electrons. The summed E-state index contributed by atoms with van der Waals surface area (Å²) in [5.41, 5.74) is 6.93. The molecule has 1 fully saturated rings. The van der Waals surface area contributed by atoms with Crippen LogP contribution in [0, 0.1) is 0 Å². The highest BCUT2D eigenvalue weighted by atomic mass is 35.5. The van der Waals surface area contributed by atoms with E-state index in [9.17, 15) is 22.8 Å². The van der Waals surface area contributed by atoms with E-state index in [0.29, 0.717) is 42.3 Å². The van der Waals surface area contributed by atoms with Crippen LogP contribution in [0.1, 0.15) is 53.2 Å². The van der Waals surface area contributed by atoms with Gasteiger partial charge in [0.25, 0.3) is 11.8 Å². The van der Waals surface area contributed by atoms with Crippen LogP contribution in [-0.2, 0) is 27.7 Å². The summed E-state index contributed by atoms with van der Waals surface area (Å²) in [4.78, 5) is 39.2. The van der Waals surface area contributed by atoms with Gasteiger partial charge in [0.1, 0.15) is 16.1 Å². The van der Waals surface area contributed by atoms with Gasteiger partial charge in [-0.1, -0.05) is 23.7 Å². The summed E-state index contributed by atoms with van der Waals surface area (Å²) in [5, 5.41) is 3.45. The van der Waals surface area contributed by atoms with E-state index in [2.05, 4.69) is 5.32 Å². The lowest BCUT2D eigenvalue weighted by molar-refractivity contribution is -0.119. The quantitative estimate of drug-likeness (QED) is 0.563. The van der Waals surface area contributed by atoms with Crippen molar-refractivity contribution in [3.63, 3.8) is 0 Å². The van der Waals surface area contributed by atoms with E-state index in [4.69, 9.17) is 17.3 Å². The summed E-state index contributed by atoms with van der Waals surface area (Å²) < 4.78 is 25.2. The van der Waals surface area contributed by atoms with Gasteiger partial charge in [-0.2, -0.15) is 0 Å². The molecule has 0 bridgehead atoms. The second-order valence-corrected chi connectivity index (χ2v) is 12.7. The predicted molar refractivity (Wildman–Crippen MR) is 127 cm³/mol. The second-order valence-electron chi connectivity index (χ2n) is 9.35. The first-order valence-corrected chi connectivity index (χ1v) is 12.8. The minimum absolute atomic E-state index is 0.00580. The number of amides is 3. The molecule has 34 heavy (non-hydrogen) atoms. The van der Waals surface area contributed by atoms with Crippen molar-refractivity contribution >= 4 is 39.2 Å². The number of nitrogens with one attached hydrogen (secondary N) is 1. The van der Waals surface area contributed by atoms with E-state index in [1.165, 1.54) is 18.7 Å². The summed E-state index contributed by atoms with van der Waals surface area (Å²) in [5.74, 6) is -1.57. The molecule has 0 spiro atoms. The fraction of sp³-hybridized carbons (Fsp3) is 0.435. The molecule has 1 aromatic carbocycles. The number of carbonyl (C=O) groups excluding carboxylic acids is 3. The number of halogens is 1. The number of fused-ring (bicyclic) bond motifs is 1. The second kappa shape index (κ2) is 8.42. The Hall–Kier alpha value is -2.85. The van der Waals surface area contributed by atoms with Crippen molar-refractivity contribution in [2.45, 2.75) is 49.3 Å². The fourth-order valence-corrected chi connectivity index (χ4v) is 6.72. The van der Waals surface area contributed by atoms with Crippen molar-refractivity contribution in [1.29, 1.82) is 0 Å². The number of hydrogen-bond donors (Lipinski definition) is 2. The van der Waals surface area contributed by atoms with Crippen molar-refractivity contribution in [2.75, 3.05) is 13.1 Å². The molecule has 1 aliphatic carbocycles. The third kappa shape index (κ3) is 3.98. The molecule has 9 nitrogen and oxygen atoms in total. The molecule has 0 atom stereocenters. The highest BCUT2D eigenvalue weighted by Crippen LogP contribution is 2.49. The van der Waals surface area contributed by atoms with Crippen LogP contribution >= 0.6 is 11.6 Å². The Morgan fingerprint density at radius 2 is 1.76 bits per heavy atom. The highest BCUT2D eigenvalue weighted by molar-refractivity contribution is 7.95. The van der Waals surface area contributed by atoms with E-state index in [1.807, 2.05) is 12.1 Å². The Bertz CT molecular complexity index is 1260. The number of carbonyl (C=O) groups is 3. The molecule has 3 amide bonds. The Kier molecular flexibility index (Phi) is 6.02. The summed E-state index contributed by atoms with van der Waals surface area (Å²) in [6, 6.07) is 10.3. The summed E-state index contributed by atoms with van der Waals surface area (Å²) in [6.07, 6.45) is 0.740. The zero-order chi connectivity index (χ0) is 24.9. The average molecular weight is 507 g/mol. The van der Waals surface area contributed by atoms with E-state index < -0.39 is 25.2 Å². The molecular formula is C23H27ClN4O5S. The monoisotopic (exact) mass is 506 g/mol. The van der Waals surface area contributed by atoms with Crippen LogP contribution in [0.3, 0.4) is 0 Å². The molecule has 4 rings (SSSR count). The third-order valence-electron chi connectivity index (χ3n) is 6.80. The lowest BCUT2D eigenvalue weighted by Gasteiger charge is -2.34. The Morgan fingerprint density at radius 3 is 2.35 bits per heavy atom. The fourth-order valence-electron chi connectivity index (χ4n) is 4.28. The van der Waals surface area contributed by atoms with Crippen molar-refractivity contribution < 1.29 is 22.8 Å². The summed E-state index contributed by atoms with van der Waals surface area (Å²) in [6.45, 7) is 3.53. The minimum atomic E-state index is -3.92. The van der Waals surface area contributed by atoms with Crippen LogP contribution in [0.15, 0.2) is 36.4 Å². The van der Waals surface area contributed by atoms with Crippen LogP contribution in [-0.4, -0.2) is 58.2 Å². The number of sulfone groups is 1. The van der Waals surface area contributed by atoms with Crippen molar-refractivity contribution in [1.82, 2.24) is 14.8 Å². The largest absolute Gasteiger partial charge is 0.368 e. The van der Waals surface area contributed by atoms with Gasteiger partial charge in [-0.3, -0.25) is 14.4 Å². The molecule has 0 saturated heterocycles. The van der Waals surface area contributed by atoms with Crippen molar-refractivity contribution in [2.24, 2.45) is 5.73 Å². The van der Waals surface area contributed by atoms with Crippen LogP contribution < -0.4 is 11.1 Å². The molecule has 0 unspecified atom stereocenters. The molecule has 1 saturated carbocycles. The van der Waals surface area contributed by atoms with Crippen LogP contribution in [0.4, 0.5) is 0 Å². The van der Waals surface area contributed by atoms with Gasteiger partial charge in [0.2, 0.25) is 5.91 Å². The lowest BCUT2D eigenvalue weighted by atomic mass is 10.2. The van der Waals surface area contributed by atoms with Crippen LogP contribution in [0.2, 0.25) is 5.02 Å². The molecule has 1 aliphatic heterocycles. The normalized spacial score (nSPS) is 17.3. The number of benzene rings is 1. The summed E-state index contributed by atoms with van der Waals surface area (Å²) >= 11 is 5.88. The topological polar surface area (TPSA) is 132 Å². The predicted octanol–water partition coefficient (Wildman–Crippen LogP) is 1.74. The highest BCUT2D eigenvalue weighted by Gasteiger charge is 2.62. The zero-order valence-electron chi connectivity index (χ0n) is 19.0. The van der Waals surface area contributed by atoms with Crippen LogP contribution in [0.5, 0.6) is 0 Å². The summed E-state index contributed by atoms with van der Waals surface area (Å²) in [7, 11) is -3.92. The minimum Gasteiger partial charge on any atom is -0.368 e. The number of aromatic nitrogens is 1. The van der Waals surface area contributed by atoms with Gasteiger partial charge in [-0.25, -0.2) is 8.42 Å². The van der Waals surface area contributed by atoms with Crippen LogP contribution in [0.25, 0.3) is 0 Å². The number of hydrogen-bond acceptors (Lipinski definition) is 5. The van der Waals surface area contributed by atoms with Gasteiger partial charge in [-0.15, -0.1) is 0 Å². The standard InChI is InChI=1S/C23H27ClN4O5S/c1-22(2,21(25)31)34(32,33)23(9-10-23)14-27-11-12-28-17(7-8-18(28)20(27)30)19(29)26-13-15-3-5-16(24)6-4-15/h3-8H,9-14H2,1-2H3,(H2,25,31)(H,26,29). The molecule has 2 heterocycles. The number of primary amides is 1. The average Bonchev–Trinajstić information content (AvgIpc) is 3.45. The van der Waals surface area contributed by atoms with Gasteiger partial charge in [0, 0.05) is 31.2 Å². The Balaban J connectivity index is 1.47. The first-order chi connectivity index (χ1) is 15.9. The maximum absolute atomic E-state index is 13.2. The smallest absolute Gasteiger partial charge is 0.270 e. The first kappa shape index (κ1) is 24.3. The van der Waals surface area contributed by atoms with E-state index in [-0.39, 0.29) is 24.9 Å². The van der Waals surface area contributed by atoms with Gasteiger partial charge < -0.3 is 20.5 Å².